The summed E-state index contributed by atoms with van der Waals surface area (Å²) >= 11 is 9.93. The van der Waals surface area contributed by atoms with Crippen molar-refractivity contribution in [1.29, 1.82) is 0 Å². The zero-order chi connectivity index (χ0) is 24.0. The van der Waals surface area contributed by atoms with Crippen LogP contribution in [-0.4, -0.2) is 33.2 Å². The summed E-state index contributed by atoms with van der Waals surface area (Å²) in [5.74, 6) is 0.654. The van der Waals surface area contributed by atoms with Gasteiger partial charge in [-0.05, 0) is 60.0 Å². The molecule has 1 aliphatic heterocycles. The number of hydrogen-bond acceptors (Lipinski definition) is 4. The lowest BCUT2D eigenvalue weighted by atomic mass is 9.95. The van der Waals surface area contributed by atoms with Crippen LogP contribution in [0.15, 0.2) is 65.1 Å². The fourth-order valence-electron chi connectivity index (χ4n) is 4.37. The number of H-pyrrole nitrogens is 1. The van der Waals surface area contributed by atoms with Crippen molar-refractivity contribution in [2.45, 2.75) is 19.5 Å². The normalized spacial score (nSPS) is 15.0. The van der Waals surface area contributed by atoms with Crippen LogP contribution in [0.1, 0.15) is 38.8 Å². The van der Waals surface area contributed by atoms with Crippen LogP contribution < -0.4 is 4.74 Å². The smallest absolute Gasteiger partial charge is 0.273 e. The number of nitrogens with one attached hydrogen (secondary N) is 1. The number of aromatic hydroxyl groups is 1. The van der Waals surface area contributed by atoms with Crippen LogP contribution in [0.3, 0.4) is 0 Å². The van der Waals surface area contributed by atoms with E-state index in [0.717, 1.165) is 26.9 Å². The third kappa shape index (κ3) is 3.85. The summed E-state index contributed by atoms with van der Waals surface area (Å²) in [6.45, 7) is 2.22. The lowest BCUT2D eigenvalue weighted by Crippen LogP contribution is -2.29. The van der Waals surface area contributed by atoms with E-state index >= 15 is 0 Å². The Morgan fingerprint density at radius 3 is 2.65 bits per heavy atom. The third-order valence-corrected chi connectivity index (χ3v) is 6.97. The van der Waals surface area contributed by atoms with Crippen molar-refractivity contribution in [3.05, 3.63) is 98.1 Å². The maximum Gasteiger partial charge on any atom is 0.273 e. The second-order valence-electron chi connectivity index (χ2n) is 8.22. The van der Waals surface area contributed by atoms with E-state index in [1.807, 2.05) is 60.4 Å². The average Bonchev–Trinajstić information content (AvgIpc) is 3.36. The van der Waals surface area contributed by atoms with Crippen molar-refractivity contribution < 1.29 is 14.6 Å². The number of aromatic nitrogens is 2. The molecule has 0 aliphatic carbocycles. The highest BCUT2D eigenvalue weighted by molar-refractivity contribution is 9.10. The molecule has 0 saturated heterocycles. The van der Waals surface area contributed by atoms with Gasteiger partial charge in [-0.25, -0.2) is 0 Å². The number of halogens is 2. The monoisotopic (exact) mass is 537 g/mol. The highest BCUT2D eigenvalue weighted by Crippen LogP contribution is 2.46. The minimum Gasteiger partial charge on any atom is -0.507 e. The van der Waals surface area contributed by atoms with Crippen molar-refractivity contribution in [2.24, 2.45) is 0 Å². The molecule has 0 bridgehead atoms. The number of rotatable bonds is 5. The maximum absolute atomic E-state index is 13.6. The Labute approximate surface area is 210 Å². The minimum atomic E-state index is -0.407. The predicted octanol–water partition coefficient (Wildman–Crippen LogP) is 6.26. The van der Waals surface area contributed by atoms with Crippen LogP contribution in [0.25, 0.3) is 11.3 Å². The first kappa shape index (κ1) is 22.5. The number of nitrogens with zero attached hydrogens (tertiary/aromatic N) is 2. The van der Waals surface area contributed by atoms with Gasteiger partial charge >= 0.3 is 0 Å². The molecule has 0 saturated carbocycles. The molecule has 1 aliphatic rings. The van der Waals surface area contributed by atoms with Crippen molar-refractivity contribution in [3.63, 3.8) is 0 Å². The lowest BCUT2D eigenvalue weighted by Gasteiger charge is -2.27. The molecular weight excluding hydrogens is 518 g/mol. The number of carbonyl (C=O) groups is 1. The molecule has 2 N–H and O–H groups in total. The fraction of sp³-hybridized carbons (Fsp3) is 0.154. The largest absolute Gasteiger partial charge is 0.507 e. The van der Waals surface area contributed by atoms with Gasteiger partial charge in [0, 0.05) is 27.2 Å². The average molecular weight is 539 g/mol. The molecule has 3 aromatic carbocycles. The standard InChI is InChI=1S/C26H21BrClN3O3/c1-14-10-21(32)19(12-20(14)28)23-22-24(30-29-23)26(33)31(13-15-6-8-18(34-2)9-7-15)25(22)16-4-3-5-17(27)11-16/h3-12,25,32H,13H2,1-2H3,(H,29,30). The first-order valence-corrected chi connectivity index (χ1v) is 11.8. The SMILES string of the molecule is COc1ccc(CN2C(=O)c3[nH]nc(-c4cc(Cl)c(C)cc4O)c3C2c2cccc(Br)c2)cc1. The molecule has 6 nitrogen and oxygen atoms in total. The van der Waals surface area contributed by atoms with Crippen LogP contribution in [0.5, 0.6) is 11.5 Å². The summed E-state index contributed by atoms with van der Waals surface area (Å²) in [6, 6.07) is 18.4. The number of methoxy groups -OCH3 is 1. The van der Waals surface area contributed by atoms with Crippen LogP contribution in [0, 0.1) is 6.92 Å². The van der Waals surface area contributed by atoms with Crippen molar-refractivity contribution in [3.8, 4) is 22.8 Å². The third-order valence-electron chi connectivity index (χ3n) is 6.07. The molecule has 8 heteroatoms. The van der Waals surface area contributed by atoms with Crippen LogP contribution in [-0.2, 0) is 6.54 Å². The number of hydrogen-bond donors (Lipinski definition) is 2. The molecule has 4 aromatic rings. The van der Waals surface area contributed by atoms with Crippen molar-refractivity contribution >= 4 is 33.4 Å². The molecule has 0 radical (unpaired) electrons. The van der Waals surface area contributed by atoms with Gasteiger partial charge in [0.25, 0.3) is 5.91 Å². The second-order valence-corrected chi connectivity index (χ2v) is 9.54. The number of phenols is 1. The van der Waals surface area contributed by atoms with E-state index < -0.39 is 6.04 Å². The Morgan fingerprint density at radius 2 is 1.94 bits per heavy atom. The molecule has 172 valence electrons. The minimum absolute atomic E-state index is 0.0604. The molecule has 34 heavy (non-hydrogen) atoms. The number of ether oxygens (including phenoxy) is 1. The molecule has 0 fully saturated rings. The molecule has 1 atom stereocenters. The number of amides is 1. The van der Waals surface area contributed by atoms with Gasteiger partial charge in [0.05, 0.1) is 13.2 Å². The quantitative estimate of drug-likeness (QED) is 0.314. The van der Waals surface area contributed by atoms with Crippen LogP contribution in [0.4, 0.5) is 0 Å². The second kappa shape index (κ2) is 8.81. The Balaban J connectivity index is 1.65. The Morgan fingerprint density at radius 1 is 1.18 bits per heavy atom. The Bertz CT molecular complexity index is 1400. The molecule has 1 unspecified atom stereocenters. The van der Waals surface area contributed by atoms with Gasteiger partial charge in [-0.1, -0.05) is 51.8 Å². The van der Waals surface area contributed by atoms with Gasteiger partial charge in [-0.2, -0.15) is 5.10 Å². The van der Waals surface area contributed by atoms with Gasteiger partial charge in [0.2, 0.25) is 0 Å². The number of fused-ring (bicyclic) bond motifs is 1. The molecule has 1 aromatic heterocycles. The lowest BCUT2D eigenvalue weighted by molar-refractivity contribution is 0.0730. The van der Waals surface area contributed by atoms with E-state index in [9.17, 15) is 9.90 Å². The summed E-state index contributed by atoms with van der Waals surface area (Å²) in [4.78, 5) is 15.4. The van der Waals surface area contributed by atoms with Gasteiger partial charge in [0.1, 0.15) is 22.9 Å². The predicted molar refractivity (Wildman–Crippen MR) is 134 cm³/mol. The van der Waals surface area contributed by atoms with E-state index in [0.29, 0.717) is 34.1 Å². The summed E-state index contributed by atoms with van der Waals surface area (Å²) < 4.78 is 6.17. The van der Waals surface area contributed by atoms with Crippen molar-refractivity contribution in [2.75, 3.05) is 7.11 Å². The van der Waals surface area contributed by atoms with E-state index in [4.69, 9.17) is 16.3 Å². The molecule has 5 rings (SSSR count). The zero-order valence-corrected chi connectivity index (χ0v) is 20.8. The van der Waals surface area contributed by atoms with E-state index in [-0.39, 0.29) is 11.7 Å². The van der Waals surface area contributed by atoms with Gasteiger partial charge in [-0.3, -0.25) is 9.89 Å². The Kier molecular flexibility index (Phi) is 5.83. The summed E-state index contributed by atoms with van der Waals surface area (Å²) in [7, 11) is 1.62. The van der Waals surface area contributed by atoms with Crippen LogP contribution in [0.2, 0.25) is 5.02 Å². The topological polar surface area (TPSA) is 78.5 Å². The first-order valence-electron chi connectivity index (χ1n) is 10.6. The van der Waals surface area contributed by atoms with E-state index in [1.54, 1.807) is 19.2 Å². The van der Waals surface area contributed by atoms with Crippen LogP contribution >= 0.6 is 27.5 Å². The number of aromatic amines is 1. The van der Waals surface area contributed by atoms with Gasteiger partial charge in [-0.15, -0.1) is 0 Å². The molecule has 1 amide bonds. The summed E-state index contributed by atoms with van der Waals surface area (Å²) in [6.07, 6.45) is 0. The zero-order valence-electron chi connectivity index (χ0n) is 18.5. The number of phenolic OH excluding ortho intramolecular Hbond substituents is 1. The van der Waals surface area contributed by atoms with Crippen molar-refractivity contribution in [1.82, 2.24) is 15.1 Å². The summed E-state index contributed by atoms with van der Waals surface area (Å²) in [5, 5.41) is 18.6. The molecular formula is C26H21BrClN3O3. The van der Waals surface area contributed by atoms with Gasteiger partial charge < -0.3 is 14.7 Å². The first-order chi connectivity index (χ1) is 16.4. The number of aryl methyl sites for hydroxylation is 1. The number of carbonyl (C=O) groups excluding carboxylic acids is 1. The molecule has 2 heterocycles. The summed E-state index contributed by atoms with van der Waals surface area (Å²) in [5.41, 5.74) is 4.76. The Hall–Kier alpha value is -3.29. The highest BCUT2D eigenvalue weighted by Gasteiger charge is 2.42. The van der Waals surface area contributed by atoms with Gasteiger partial charge in [0.15, 0.2) is 0 Å². The maximum atomic E-state index is 13.6. The highest BCUT2D eigenvalue weighted by atomic mass is 79.9. The number of benzene rings is 3. The molecule has 0 spiro atoms. The van der Waals surface area contributed by atoms with E-state index in [1.165, 1.54) is 0 Å². The van der Waals surface area contributed by atoms with E-state index in [2.05, 4.69) is 26.1 Å². The fourth-order valence-corrected chi connectivity index (χ4v) is 4.95.